The van der Waals surface area contributed by atoms with E-state index in [9.17, 15) is 31.6 Å². The van der Waals surface area contributed by atoms with Crippen LogP contribution in [0.4, 0.5) is 19.0 Å². The molecule has 0 radical (unpaired) electrons. The van der Waals surface area contributed by atoms with Crippen molar-refractivity contribution in [3.05, 3.63) is 53.2 Å². The Morgan fingerprint density at radius 3 is 2.65 bits per heavy atom. The second-order valence-corrected chi connectivity index (χ2v) is 12.2. The number of benzene rings is 1. The van der Waals surface area contributed by atoms with Gasteiger partial charge in [-0.2, -0.15) is 28.2 Å². The highest BCUT2D eigenvalue weighted by Gasteiger charge is 2.51. The molecule has 1 amide bonds. The molecule has 3 heterocycles. The van der Waals surface area contributed by atoms with Crippen molar-refractivity contribution >= 4 is 32.9 Å². The molecule has 1 saturated heterocycles. The van der Waals surface area contributed by atoms with Crippen molar-refractivity contribution in [2.75, 3.05) is 11.4 Å². The standard InChI is InChI=1S/C23H21F3N6O3S2/c1-14-10-19(32(30-14)21-28-8-9-36-21)31-12-15(11-17(31)20(33)29-22(13-27)6-7-22)37(34,35)18-5-3-2-4-16(18)23(24,25)26/h2-5,8-10,15,17H,6-7,11-12H2,1H3,(H,29,33)/t15-,17+/m1/s1. The van der Waals surface area contributed by atoms with Gasteiger partial charge in [0.05, 0.1) is 27.5 Å². The van der Waals surface area contributed by atoms with Gasteiger partial charge < -0.3 is 10.2 Å². The second-order valence-electron chi connectivity index (χ2n) is 9.12. The highest BCUT2D eigenvalue weighted by molar-refractivity contribution is 7.92. The third-order valence-electron chi connectivity index (χ3n) is 6.54. The van der Waals surface area contributed by atoms with Gasteiger partial charge in [-0.05, 0) is 38.3 Å². The van der Waals surface area contributed by atoms with Gasteiger partial charge in [-0.1, -0.05) is 12.1 Å². The van der Waals surface area contributed by atoms with Crippen molar-refractivity contribution in [1.82, 2.24) is 20.1 Å². The molecule has 5 rings (SSSR count). The Labute approximate surface area is 214 Å². The lowest BCUT2D eigenvalue weighted by atomic mass is 10.1. The lowest BCUT2D eigenvalue weighted by molar-refractivity contribution is -0.139. The monoisotopic (exact) mass is 550 g/mol. The molecule has 14 heteroatoms. The number of hydrogen-bond acceptors (Lipinski definition) is 8. The smallest absolute Gasteiger partial charge is 0.343 e. The van der Waals surface area contributed by atoms with Crippen LogP contribution in [-0.4, -0.2) is 52.5 Å². The van der Waals surface area contributed by atoms with Crippen molar-refractivity contribution in [3.63, 3.8) is 0 Å². The van der Waals surface area contributed by atoms with Crippen LogP contribution in [0.15, 0.2) is 46.8 Å². The molecule has 2 atom stereocenters. The van der Waals surface area contributed by atoms with Crippen LogP contribution in [0, 0.1) is 18.3 Å². The zero-order valence-electron chi connectivity index (χ0n) is 19.4. The van der Waals surface area contributed by atoms with Crippen LogP contribution in [-0.2, 0) is 20.8 Å². The van der Waals surface area contributed by atoms with E-state index in [1.54, 1.807) is 24.6 Å². The van der Waals surface area contributed by atoms with Crippen LogP contribution in [0.3, 0.4) is 0 Å². The molecule has 1 N–H and O–H groups in total. The van der Waals surface area contributed by atoms with Gasteiger partial charge in [0, 0.05) is 24.2 Å². The summed E-state index contributed by atoms with van der Waals surface area (Å²) in [6.07, 6.45) is -2.62. The zero-order valence-corrected chi connectivity index (χ0v) is 21.1. The number of carbonyl (C=O) groups excluding carboxylic acids is 1. The summed E-state index contributed by atoms with van der Waals surface area (Å²) >= 11 is 1.28. The van der Waals surface area contributed by atoms with E-state index in [0.29, 0.717) is 29.5 Å². The molecule has 1 saturated carbocycles. The van der Waals surface area contributed by atoms with Gasteiger partial charge in [0.2, 0.25) is 11.0 Å². The third-order valence-corrected chi connectivity index (χ3v) is 9.47. The van der Waals surface area contributed by atoms with Crippen LogP contribution in [0.25, 0.3) is 5.13 Å². The normalized spacial score (nSPS) is 21.0. The van der Waals surface area contributed by atoms with Crippen LogP contribution < -0.4 is 10.2 Å². The van der Waals surface area contributed by atoms with E-state index in [-0.39, 0.29) is 13.0 Å². The molecule has 9 nitrogen and oxygen atoms in total. The molecular weight excluding hydrogens is 529 g/mol. The molecular formula is C23H21F3N6O3S2. The highest BCUT2D eigenvalue weighted by Crippen LogP contribution is 2.40. The van der Waals surface area contributed by atoms with Crippen molar-refractivity contribution in [2.24, 2.45) is 0 Å². The van der Waals surface area contributed by atoms with Gasteiger partial charge in [0.15, 0.2) is 9.84 Å². The quantitative estimate of drug-likeness (QED) is 0.500. The Bertz CT molecular complexity index is 1490. The van der Waals surface area contributed by atoms with Crippen molar-refractivity contribution in [3.8, 4) is 11.2 Å². The molecule has 37 heavy (non-hydrogen) atoms. The maximum absolute atomic E-state index is 13.7. The van der Waals surface area contributed by atoms with E-state index in [4.69, 9.17) is 0 Å². The predicted molar refractivity (Wildman–Crippen MR) is 128 cm³/mol. The summed E-state index contributed by atoms with van der Waals surface area (Å²) in [6, 6.07) is 6.72. The number of alkyl halides is 3. The first-order valence-corrected chi connectivity index (χ1v) is 13.7. The number of nitrogens with zero attached hydrogens (tertiary/aromatic N) is 5. The summed E-state index contributed by atoms with van der Waals surface area (Å²) in [7, 11) is -4.50. The molecule has 1 aromatic carbocycles. The second kappa shape index (κ2) is 8.84. The topological polar surface area (TPSA) is 121 Å². The van der Waals surface area contributed by atoms with Gasteiger partial charge in [0.1, 0.15) is 17.4 Å². The Hall–Kier alpha value is -3.44. The molecule has 2 aliphatic rings. The fourth-order valence-corrected chi connectivity index (χ4v) is 7.02. The molecule has 194 valence electrons. The van der Waals surface area contributed by atoms with E-state index in [0.717, 1.165) is 18.2 Å². The van der Waals surface area contributed by atoms with E-state index < -0.39 is 49.2 Å². The maximum Gasteiger partial charge on any atom is 0.417 e. The summed E-state index contributed by atoms with van der Waals surface area (Å²) in [5.74, 6) is -0.179. The van der Waals surface area contributed by atoms with E-state index in [2.05, 4.69) is 21.5 Å². The van der Waals surface area contributed by atoms with Gasteiger partial charge in [-0.3, -0.25) is 4.79 Å². The Morgan fingerprint density at radius 1 is 1.30 bits per heavy atom. The average molecular weight is 551 g/mol. The minimum atomic E-state index is -4.87. The summed E-state index contributed by atoms with van der Waals surface area (Å²) in [5.41, 5.74) is -1.68. The molecule has 0 unspecified atom stereocenters. The number of aromatic nitrogens is 3. The SMILES string of the molecule is Cc1cc(N2C[C@H](S(=O)(=O)c3ccccc3C(F)(F)F)C[C@H]2C(=O)NC2(C#N)CC2)n(-c2nccs2)n1. The summed E-state index contributed by atoms with van der Waals surface area (Å²) < 4.78 is 69.6. The molecule has 1 aliphatic heterocycles. The van der Waals surface area contributed by atoms with Crippen LogP contribution in [0.5, 0.6) is 0 Å². The fourth-order valence-electron chi connectivity index (χ4n) is 4.51. The van der Waals surface area contributed by atoms with E-state index in [1.165, 1.54) is 27.0 Å². The van der Waals surface area contributed by atoms with Crippen molar-refractivity contribution in [1.29, 1.82) is 5.26 Å². The first-order chi connectivity index (χ1) is 17.4. The molecule has 0 bridgehead atoms. The lowest BCUT2D eigenvalue weighted by Gasteiger charge is -2.26. The number of hydrogen-bond donors (Lipinski definition) is 1. The first kappa shape index (κ1) is 25.2. The summed E-state index contributed by atoms with van der Waals surface area (Å²) in [4.78, 5) is 18.3. The van der Waals surface area contributed by atoms with E-state index in [1.807, 2.05) is 0 Å². The maximum atomic E-state index is 13.7. The minimum Gasteiger partial charge on any atom is -0.343 e. The number of aryl methyl sites for hydroxylation is 1. The lowest BCUT2D eigenvalue weighted by Crippen LogP contribution is -2.48. The molecule has 2 fully saturated rings. The number of sulfone groups is 1. The molecule has 1 aliphatic carbocycles. The van der Waals surface area contributed by atoms with Gasteiger partial charge in [0.25, 0.3) is 0 Å². The number of nitriles is 1. The van der Waals surface area contributed by atoms with Gasteiger partial charge in [-0.25, -0.2) is 13.4 Å². The number of carbonyl (C=O) groups is 1. The summed E-state index contributed by atoms with van der Waals surface area (Å²) in [6.45, 7) is 1.48. The number of anilines is 1. The third kappa shape index (κ3) is 4.57. The highest BCUT2D eigenvalue weighted by atomic mass is 32.2. The molecule has 2 aromatic heterocycles. The van der Waals surface area contributed by atoms with Crippen LogP contribution in [0.1, 0.15) is 30.5 Å². The van der Waals surface area contributed by atoms with Crippen molar-refractivity contribution in [2.45, 2.75) is 54.1 Å². The van der Waals surface area contributed by atoms with Crippen molar-refractivity contribution < 1.29 is 26.4 Å². The number of amides is 1. The fraction of sp³-hybridized carbons (Fsp3) is 0.391. The largest absolute Gasteiger partial charge is 0.417 e. The predicted octanol–water partition coefficient (Wildman–Crippen LogP) is 3.25. The number of halogens is 3. The van der Waals surface area contributed by atoms with Gasteiger partial charge in [-0.15, -0.1) is 11.3 Å². The molecule has 3 aromatic rings. The van der Waals surface area contributed by atoms with E-state index >= 15 is 0 Å². The zero-order chi connectivity index (χ0) is 26.6. The number of thiazole rings is 1. The Kier molecular flexibility index (Phi) is 6.03. The van der Waals surface area contributed by atoms with Crippen LogP contribution in [0.2, 0.25) is 0 Å². The number of rotatable bonds is 6. The average Bonchev–Trinajstić information content (AvgIpc) is 3.24. The first-order valence-electron chi connectivity index (χ1n) is 11.3. The Morgan fingerprint density at radius 2 is 2.03 bits per heavy atom. The van der Waals surface area contributed by atoms with Crippen LogP contribution >= 0.6 is 11.3 Å². The molecule has 0 spiro atoms. The minimum absolute atomic E-state index is 0.247. The van der Waals surface area contributed by atoms with Gasteiger partial charge >= 0.3 is 6.18 Å². The summed E-state index contributed by atoms with van der Waals surface area (Å²) in [5, 5.41) is 17.5. The Balaban J connectivity index is 1.56. The number of nitrogens with one attached hydrogen (secondary N) is 1.